The van der Waals surface area contributed by atoms with Crippen LogP contribution in [-0.4, -0.2) is 18.7 Å². The highest BCUT2D eigenvalue weighted by Crippen LogP contribution is 2.03. The van der Waals surface area contributed by atoms with E-state index >= 15 is 0 Å². The zero-order chi connectivity index (χ0) is 13.3. The van der Waals surface area contributed by atoms with E-state index in [9.17, 15) is 8.42 Å². The molecule has 0 aromatic heterocycles. The Labute approximate surface area is 103 Å². The van der Waals surface area contributed by atoms with Crippen molar-refractivity contribution in [2.24, 2.45) is 5.73 Å². The molecule has 1 aromatic carbocycles. The first-order valence-corrected chi connectivity index (χ1v) is 6.90. The van der Waals surface area contributed by atoms with Crippen molar-refractivity contribution in [3.05, 3.63) is 42.0 Å². The second-order valence-corrected chi connectivity index (χ2v) is 5.01. The Morgan fingerprint density at radius 3 is 2.12 bits per heavy atom. The van der Waals surface area contributed by atoms with Gasteiger partial charge in [-0.25, -0.2) is 0 Å². The predicted molar refractivity (Wildman–Crippen MR) is 71.1 cm³/mol. The fourth-order valence-corrected chi connectivity index (χ4v) is 1.56. The van der Waals surface area contributed by atoms with E-state index in [1.807, 2.05) is 30.3 Å². The SMILES string of the molecule is C=Cc1ccc(CN)cc1.CCCS(=O)(=O)O. The van der Waals surface area contributed by atoms with E-state index in [0.717, 1.165) is 11.1 Å². The number of rotatable bonds is 4. The van der Waals surface area contributed by atoms with Gasteiger partial charge < -0.3 is 5.73 Å². The van der Waals surface area contributed by atoms with Gasteiger partial charge in [0, 0.05) is 6.54 Å². The van der Waals surface area contributed by atoms with Gasteiger partial charge in [-0.3, -0.25) is 4.55 Å². The Hall–Kier alpha value is -1.17. The third-order valence-corrected chi connectivity index (χ3v) is 2.84. The van der Waals surface area contributed by atoms with Crippen LogP contribution in [0.4, 0.5) is 0 Å². The van der Waals surface area contributed by atoms with Gasteiger partial charge in [0.25, 0.3) is 10.1 Å². The zero-order valence-electron chi connectivity index (χ0n) is 9.96. The van der Waals surface area contributed by atoms with E-state index in [1.54, 1.807) is 6.92 Å². The molecule has 0 bridgehead atoms. The molecule has 0 unspecified atom stereocenters. The Balaban J connectivity index is 0.000000325. The zero-order valence-corrected chi connectivity index (χ0v) is 10.8. The smallest absolute Gasteiger partial charge is 0.264 e. The fraction of sp³-hybridized carbons (Fsp3) is 0.333. The van der Waals surface area contributed by atoms with Gasteiger partial charge in [-0.1, -0.05) is 43.8 Å². The molecule has 0 fully saturated rings. The van der Waals surface area contributed by atoms with Crippen LogP contribution in [0.5, 0.6) is 0 Å². The summed E-state index contributed by atoms with van der Waals surface area (Å²) in [5, 5.41) is 0. The fourth-order valence-electron chi connectivity index (χ4n) is 1.05. The second-order valence-electron chi connectivity index (χ2n) is 3.44. The van der Waals surface area contributed by atoms with Gasteiger partial charge in [0.15, 0.2) is 0 Å². The van der Waals surface area contributed by atoms with E-state index in [4.69, 9.17) is 10.3 Å². The highest BCUT2D eigenvalue weighted by atomic mass is 32.2. The lowest BCUT2D eigenvalue weighted by Crippen LogP contribution is -2.01. The van der Waals surface area contributed by atoms with Gasteiger partial charge in [-0.15, -0.1) is 0 Å². The molecule has 3 N–H and O–H groups in total. The molecule has 0 saturated heterocycles. The van der Waals surface area contributed by atoms with Crippen molar-refractivity contribution in [3.8, 4) is 0 Å². The Morgan fingerprint density at radius 2 is 1.88 bits per heavy atom. The van der Waals surface area contributed by atoms with Crippen molar-refractivity contribution in [2.75, 3.05) is 5.75 Å². The van der Waals surface area contributed by atoms with Gasteiger partial charge in [-0.2, -0.15) is 8.42 Å². The normalized spacial score (nSPS) is 10.3. The predicted octanol–water partition coefficient (Wildman–Crippen LogP) is 2.07. The van der Waals surface area contributed by atoms with Crippen molar-refractivity contribution in [3.63, 3.8) is 0 Å². The van der Waals surface area contributed by atoms with Crippen LogP contribution in [0.15, 0.2) is 30.8 Å². The van der Waals surface area contributed by atoms with Crippen molar-refractivity contribution in [2.45, 2.75) is 19.9 Å². The largest absolute Gasteiger partial charge is 0.326 e. The van der Waals surface area contributed by atoms with Gasteiger partial charge in [0.1, 0.15) is 0 Å². The minimum absolute atomic E-state index is 0.132. The van der Waals surface area contributed by atoms with Gasteiger partial charge in [0.2, 0.25) is 0 Å². The lowest BCUT2D eigenvalue weighted by Gasteiger charge is -1.95. The molecule has 0 atom stereocenters. The monoisotopic (exact) mass is 257 g/mol. The summed E-state index contributed by atoms with van der Waals surface area (Å²) in [5.41, 5.74) is 7.71. The lowest BCUT2D eigenvalue weighted by molar-refractivity contribution is 0.482. The molecule has 0 aliphatic rings. The molecule has 5 heteroatoms. The Kier molecular flexibility index (Phi) is 7.45. The average molecular weight is 257 g/mol. The van der Waals surface area contributed by atoms with Crippen molar-refractivity contribution >= 4 is 16.2 Å². The summed E-state index contributed by atoms with van der Waals surface area (Å²) in [7, 11) is -3.67. The van der Waals surface area contributed by atoms with Crippen LogP contribution < -0.4 is 5.73 Å². The lowest BCUT2D eigenvalue weighted by atomic mass is 10.1. The standard InChI is InChI=1S/C9H11N.C3H8O3S/c1-2-8-3-5-9(7-10)6-4-8;1-2-3-7(4,5)6/h2-6H,1,7,10H2;2-3H2,1H3,(H,4,5,6). The molecule has 0 amide bonds. The van der Waals surface area contributed by atoms with E-state index < -0.39 is 10.1 Å². The molecular formula is C12H19NO3S. The van der Waals surface area contributed by atoms with E-state index in [-0.39, 0.29) is 5.75 Å². The molecule has 0 heterocycles. The molecule has 0 saturated carbocycles. The maximum absolute atomic E-state index is 9.79. The van der Waals surface area contributed by atoms with Crippen molar-refractivity contribution in [1.82, 2.24) is 0 Å². The van der Waals surface area contributed by atoms with Crippen molar-refractivity contribution in [1.29, 1.82) is 0 Å². The molecule has 0 spiro atoms. The van der Waals surface area contributed by atoms with Gasteiger partial charge in [0.05, 0.1) is 5.75 Å². The minimum atomic E-state index is -3.67. The summed E-state index contributed by atoms with van der Waals surface area (Å²) in [6, 6.07) is 8.04. The van der Waals surface area contributed by atoms with Crippen LogP contribution in [0.1, 0.15) is 24.5 Å². The Bertz CT molecular complexity index is 424. The summed E-state index contributed by atoms with van der Waals surface area (Å²) >= 11 is 0. The first kappa shape index (κ1) is 15.8. The van der Waals surface area contributed by atoms with Gasteiger partial charge >= 0.3 is 0 Å². The second kappa shape index (κ2) is 8.00. The quantitative estimate of drug-likeness (QED) is 0.809. The van der Waals surface area contributed by atoms with Crippen LogP contribution in [0.2, 0.25) is 0 Å². The van der Waals surface area contributed by atoms with E-state index in [0.29, 0.717) is 13.0 Å². The number of benzene rings is 1. The summed E-state index contributed by atoms with van der Waals surface area (Å²) in [6.45, 7) is 5.95. The summed E-state index contributed by atoms with van der Waals surface area (Å²) in [5.74, 6) is -0.132. The third-order valence-electron chi connectivity index (χ3n) is 1.91. The van der Waals surface area contributed by atoms with Crippen LogP contribution in [0.25, 0.3) is 6.08 Å². The molecular weight excluding hydrogens is 238 g/mol. The van der Waals surface area contributed by atoms with Crippen LogP contribution in [0, 0.1) is 0 Å². The van der Waals surface area contributed by atoms with Crippen molar-refractivity contribution < 1.29 is 13.0 Å². The molecule has 4 nitrogen and oxygen atoms in total. The maximum Gasteiger partial charge on any atom is 0.264 e. The minimum Gasteiger partial charge on any atom is -0.326 e. The van der Waals surface area contributed by atoms with Crippen LogP contribution >= 0.6 is 0 Å². The topological polar surface area (TPSA) is 80.4 Å². The first-order chi connectivity index (χ1) is 7.92. The molecule has 0 radical (unpaired) electrons. The van der Waals surface area contributed by atoms with Gasteiger partial charge in [-0.05, 0) is 17.5 Å². The molecule has 1 rings (SSSR count). The van der Waals surface area contributed by atoms with Crippen LogP contribution in [-0.2, 0) is 16.7 Å². The summed E-state index contributed by atoms with van der Waals surface area (Å²) in [4.78, 5) is 0. The van der Waals surface area contributed by atoms with Crippen LogP contribution in [0.3, 0.4) is 0 Å². The molecule has 1 aromatic rings. The van der Waals surface area contributed by atoms with E-state index in [2.05, 4.69) is 6.58 Å². The summed E-state index contributed by atoms with van der Waals surface area (Å²) in [6.07, 6.45) is 2.29. The van der Waals surface area contributed by atoms with E-state index in [1.165, 1.54) is 0 Å². The number of hydrogen-bond donors (Lipinski definition) is 2. The Morgan fingerprint density at radius 1 is 1.35 bits per heavy atom. The highest BCUT2D eigenvalue weighted by molar-refractivity contribution is 7.85. The summed E-state index contributed by atoms with van der Waals surface area (Å²) < 4.78 is 27.6. The molecule has 17 heavy (non-hydrogen) atoms. The first-order valence-electron chi connectivity index (χ1n) is 5.29. The number of hydrogen-bond acceptors (Lipinski definition) is 3. The average Bonchev–Trinajstić information content (AvgIpc) is 2.28. The maximum atomic E-state index is 9.79. The molecule has 0 aliphatic carbocycles. The number of nitrogens with two attached hydrogens (primary N) is 1. The molecule has 0 aliphatic heterocycles. The highest BCUT2D eigenvalue weighted by Gasteiger charge is 1.98. The third kappa shape index (κ3) is 8.62. The molecule has 96 valence electrons.